The number of hydrogen-bond donors (Lipinski definition) is 1. The van der Waals surface area contributed by atoms with Crippen LogP contribution < -0.4 is 5.32 Å². The molecule has 0 radical (unpaired) electrons. The molecule has 0 atom stereocenters. The number of carbonyl (C=O) groups is 1. The summed E-state index contributed by atoms with van der Waals surface area (Å²) in [6.45, 7) is 0.0759. The van der Waals surface area contributed by atoms with Crippen molar-refractivity contribution < 1.29 is 14.1 Å². The molecule has 0 heterocycles. The molecule has 2 rings (SSSR count). The molecule has 0 saturated carbocycles. The fourth-order valence-corrected chi connectivity index (χ4v) is 2.09. The van der Waals surface area contributed by atoms with Gasteiger partial charge in [-0.2, -0.15) is 0 Å². The van der Waals surface area contributed by atoms with E-state index in [4.69, 9.17) is 0 Å². The second-order valence-corrected chi connectivity index (χ2v) is 5.15. The van der Waals surface area contributed by atoms with Gasteiger partial charge in [0.15, 0.2) is 0 Å². The molecule has 1 amide bonds. The Labute approximate surface area is 128 Å². The molecular weight excluding hydrogens is 343 g/mol. The van der Waals surface area contributed by atoms with Gasteiger partial charge in [-0.25, -0.2) is 4.39 Å². The first-order valence-corrected chi connectivity index (χ1v) is 6.73. The van der Waals surface area contributed by atoms with Crippen molar-refractivity contribution in [1.29, 1.82) is 0 Å². The van der Waals surface area contributed by atoms with Gasteiger partial charge < -0.3 is 5.32 Å². The number of benzene rings is 2. The smallest absolute Gasteiger partial charge is 0.269 e. The van der Waals surface area contributed by atoms with E-state index in [1.165, 1.54) is 36.4 Å². The standard InChI is InChI=1S/C14H10BrFN2O3/c15-10-4-5-13(16)12(7-10)14(19)17-8-9-2-1-3-11(6-9)18(20)21/h1-7H,8H2,(H,17,19). The van der Waals surface area contributed by atoms with E-state index < -0.39 is 16.6 Å². The first-order chi connectivity index (χ1) is 9.97. The molecule has 0 aromatic heterocycles. The maximum atomic E-state index is 13.5. The summed E-state index contributed by atoms with van der Waals surface area (Å²) in [5.74, 6) is -1.21. The Morgan fingerprint density at radius 1 is 1.29 bits per heavy atom. The van der Waals surface area contributed by atoms with Crippen LogP contribution in [0.3, 0.4) is 0 Å². The van der Waals surface area contributed by atoms with Crippen LogP contribution in [0, 0.1) is 15.9 Å². The Balaban J connectivity index is 2.09. The Bertz CT molecular complexity index is 706. The summed E-state index contributed by atoms with van der Waals surface area (Å²) in [4.78, 5) is 22.0. The van der Waals surface area contributed by atoms with Crippen LogP contribution in [0.25, 0.3) is 0 Å². The van der Waals surface area contributed by atoms with Crippen molar-refractivity contribution in [2.75, 3.05) is 0 Å². The van der Waals surface area contributed by atoms with Crippen LogP contribution in [0.1, 0.15) is 15.9 Å². The van der Waals surface area contributed by atoms with Crippen LogP contribution in [-0.4, -0.2) is 10.8 Å². The monoisotopic (exact) mass is 352 g/mol. The van der Waals surface area contributed by atoms with Gasteiger partial charge in [-0.15, -0.1) is 0 Å². The van der Waals surface area contributed by atoms with Crippen LogP contribution >= 0.6 is 15.9 Å². The third kappa shape index (κ3) is 3.85. The topological polar surface area (TPSA) is 72.2 Å². The zero-order valence-electron chi connectivity index (χ0n) is 10.7. The van der Waals surface area contributed by atoms with Crippen LogP contribution in [0.4, 0.5) is 10.1 Å². The number of amides is 1. The minimum Gasteiger partial charge on any atom is -0.348 e. The van der Waals surface area contributed by atoms with E-state index in [2.05, 4.69) is 21.2 Å². The maximum Gasteiger partial charge on any atom is 0.269 e. The van der Waals surface area contributed by atoms with E-state index in [1.54, 1.807) is 6.07 Å². The molecule has 0 unspecified atom stereocenters. The quantitative estimate of drug-likeness (QED) is 0.676. The third-order valence-electron chi connectivity index (χ3n) is 2.75. The van der Waals surface area contributed by atoms with Crippen molar-refractivity contribution >= 4 is 27.5 Å². The average molecular weight is 353 g/mol. The number of nitro groups is 1. The second-order valence-electron chi connectivity index (χ2n) is 4.23. The molecule has 0 bridgehead atoms. The van der Waals surface area contributed by atoms with Gasteiger partial charge in [-0.1, -0.05) is 28.1 Å². The zero-order chi connectivity index (χ0) is 15.4. The number of rotatable bonds is 4. The number of nitrogens with one attached hydrogen (secondary N) is 1. The molecular formula is C14H10BrFN2O3. The molecule has 108 valence electrons. The Kier molecular flexibility index (Phi) is 4.64. The minimum atomic E-state index is -0.630. The Hall–Kier alpha value is -2.28. The lowest BCUT2D eigenvalue weighted by molar-refractivity contribution is -0.384. The van der Waals surface area contributed by atoms with Gasteiger partial charge in [0, 0.05) is 23.2 Å². The van der Waals surface area contributed by atoms with Crippen molar-refractivity contribution in [1.82, 2.24) is 5.32 Å². The number of halogens is 2. The van der Waals surface area contributed by atoms with Gasteiger partial charge in [0.2, 0.25) is 0 Å². The zero-order valence-corrected chi connectivity index (χ0v) is 12.3. The lowest BCUT2D eigenvalue weighted by atomic mass is 10.1. The van der Waals surface area contributed by atoms with Gasteiger partial charge in [-0.05, 0) is 23.8 Å². The maximum absolute atomic E-state index is 13.5. The van der Waals surface area contributed by atoms with Gasteiger partial charge in [-0.3, -0.25) is 14.9 Å². The third-order valence-corrected chi connectivity index (χ3v) is 3.24. The normalized spacial score (nSPS) is 10.2. The summed E-state index contributed by atoms with van der Waals surface area (Å²) < 4.78 is 14.1. The molecule has 7 heteroatoms. The summed E-state index contributed by atoms with van der Waals surface area (Å²) in [6, 6.07) is 9.94. The van der Waals surface area contributed by atoms with E-state index in [9.17, 15) is 19.3 Å². The summed E-state index contributed by atoms with van der Waals surface area (Å²) >= 11 is 3.16. The van der Waals surface area contributed by atoms with Gasteiger partial charge in [0.05, 0.1) is 10.5 Å². The summed E-state index contributed by atoms with van der Waals surface area (Å²) in [7, 11) is 0. The number of nitrogens with zero attached hydrogens (tertiary/aromatic N) is 1. The summed E-state index contributed by atoms with van der Waals surface area (Å²) in [5, 5.41) is 13.2. The molecule has 2 aromatic carbocycles. The fourth-order valence-electron chi connectivity index (χ4n) is 1.73. The van der Waals surface area contributed by atoms with Crippen LogP contribution in [0.2, 0.25) is 0 Å². The van der Waals surface area contributed by atoms with Crippen LogP contribution in [0.15, 0.2) is 46.9 Å². The van der Waals surface area contributed by atoms with Gasteiger partial charge >= 0.3 is 0 Å². The first kappa shape index (κ1) is 15.1. The van der Waals surface area contributed by atoms with Crippen molar-refractivity contribution in [3.8, 4) is 0 Å². The molecule has 2 aromatic rings. The van der Waals surface area contributed by atoms with Gasteiger partial charge in [0.1, 0.15) is 5.82 Å². The van der Waals surface area contributed by atoms with Crippen LogP contribution in [0.5, 0.6) is 0 Å². The first-order valence-electron chi connectivity index (χ1n) is 5.94. The number of carbonyl (C=O) groups excluding carboxylic acids is 1. The fraction of sp³-hybridized carbons (Fsp3) is 0.0714. The highest BCUT2D eigenvalue weighted by Gasteiger charge is 2.12. The van der Waals surface area contributed by atoms with E-state index >= 15 is 0 Å². The number of non-ortho nitro benzene ring substituents is 1. The highest BCUT2D eigenvalue weighted by Crippen LogP contribution is 2.16. The number of nitro benzene ring substituents is 1. The molecule has 0 saturated heterocycles. The average Bonchev–Trinajstić information content (AvgIpc) is 2.47. The second kappa shape index (κ2) is 6.45. The highest BCUT2D eigenvalue weighted by molar-refractivity contribution is 9.10. The van der Waals surface area contributed by atoms with E-state index in [-0.39, 0.29) is 17.8 Å². The number of hydrogen-bond acceptors (Lipinski definition) is 3. The van der Waals surface area contributed by atoms with Crippen molar-refractivity contribution in [3.05, 3.63) is 74.0 Å². The van der Waals surface area contributed by atoms with E-state index in [0.29, 0.717) is 10.0 Å². The van der Waals surface area contributed by atoms with Gasteiger partial charge in [0.25, 0.3) is 11.6 Å². The molecule has 1 N–H and O–H groups in total. The summed E-state index contributed by atoms with van der Waals surface area (Å²) in [6.07, 6.45) is 0. The molecule has 0 aliphatic rings. The van der Waals surface area contributed by atoms with Crippen molar-refractivity contribution in [2.45, 2.75) is 6.54 Å². The Morgan fingerprint density at radius 2 is 2.05 bits per heavy atom. The van der Waals surface area contributed by atoms with E-state index in [1.807, 2.05) is 0 Å². The van der Waals surface area contributed by atoms with Crippen molar-refractivity contribution in [3.63, 3.8) is 0 Å². The molecule has 0 spiro atoms. The van der Waals surface area contributed by atoms with Crippen LogP contribution in [-0.2, 0) is 6.54 Å². The van der Waals surface area contributed by atoms with Crippen molar-refractivity contribution in [2.24, 2.45) is 0 Å². The lowest BCUT2D eigenvalue weighted by Crippen LogP contribution is -2.23. The lowest BCUT2D eigenvalue weighted by Gasteiger charge is -2.06. The SMILES string of the molecule is O=C(NCc1cccc([N+](=O)[O-])c1)c1cc(Br)ccc1F. The van der Waals surface area contributed by atoms with E-state index in [0.717, 1.165) is 0 Å². The molecule has 5 nitrogen and oxygen atoms in total. The largest absolute Gasteiger partial charge is 0.348 e. The minimum absolute atomic E-state index is 0.0598. The molecule has 0 aliphatic heterocycles. The predicted octanol–water partition coefficient (Wildman–Crippen LogP) is 3.43. The highest BCUT2D eigenvalue weighted by atomic mass is 79.9. The molecule has 21 heavy (non-hydrogen) atoms. The molecule has 0 aliphatic carbocycles. The molecule has 0 fully saturated rings. The Morgan fingerprint density at radius 3 is 2.76 bits per heavy atom. The predicted molar refractivity (Wildman–Crippen MR) is 78.4 cm³/mol. The summed E-state index contributed by atoms with van der Waals surface area (Å²) in [5.41, 5.74) is 0.415.